The number of carboxylic acids is 1. The summed E-state index contributed by atoms with van der Waals surface area (Å²) in [5, 5.41) is 17.0. The summed E-state index contributed by atoms with van der Waals surface area (Å²) in [6.45, 7) is 10.6. The summed E-state index contributed by atoms with van der Waals surface area (Å²) in [7, 11) is 0. The molecule has 0 aliphatic rings. The van der Waals surface area contributed by atoms with Crippen LogP contribution >= 0.6 is 0 Å². The first-order valence-electron chi connectivity index (χ1n) is 10.9. The third-order valence-corrected chi connectivity index (χ3v) is 5.36. The van der Waals surface area contributed by atoms with Crippen molar-refractivity contribution in [2.75, 3.05) is 0 Å². The first-order chi connectivity index (χ1) is 14.7. The van der Waals surface area contributed by atoms with Gasteiger partial charge in [0.1, 0.15) is 18.1 Å². The fourth-order valence-corrected chi connectivity index (χ4v) is 2.84. The largest absolute Gasteiger partial charge is 0.480 e. The van der Waals surface area contributed by atoms with E-state index in [1.54, 1.807) is 34.6 Å². The molecule has 0 saturated carbocycles. The van der Waals surface area contributed by atoms with Crippen LogP contribution in [0.5, 0.6) is 0 Å². The Morgan fingerprint density at radius 3 is 1.72 bits per heavy atom. The zero-order valence-corrected chi connectivity index (χ0v) is 19.8. The number of primary amides is 1. The number of amides is 4. The van der Waals surface area contributed by atoms with E-state index >= 15 is 0 Å². The standard InChI is InChI=1S/C21H39N5O6/c1-7-12(6)17(20(30)24-13(21(31)32)8-9-14(22)27)26-19(29)16(11(4)5)25-18(28)15(23)10(2)3/h10-13,15-17H,7-9,23H2,1-6H3,(H2,22,27)(H,24,30)(H,25,28)(H,26,29)(H,31,32)/t12-,13-,15-,16-,17-/m0/s1. The van der Waals surface area contributed by atoms with Gasteiger partial charge in [0.05, 0.1) is 6.04 Å². The Labute approximate surface area is 189 Å². The van der Waals surface area contributed by atoms with Crippen LogP contribution in [0.4, 0.5) is 0 Å². The zero-order valence-electron chi connectivity index (χ0n) is 19.8. The van der Waals surface area contributed by atoms with E-state index in [4.69, 9.17) is 11.5 Å². The molecule has 0 spiro atoms. The number of carbonyl (C=O) groups excluding carboxylic acids is 4. The lowest BCUT2D eigenvalue weighted by Crippen LogP contribution is -2.60. The van der Waals surface area contributed by atoms with Crippen molar-refractivity contribution in [2.45, 2.75) is 85.0 Å². The molecule has 0 aromatic rings. The van der Waals surface area contributed by atoms with Gasteiger partial charge in [0.2, 0.25) is 23.6 Å². The third kappa shape index (κ3) is 9.63. The van der Waals surface area contributed by atoms with Crippen LogP contribution in [0.25, 0.3) is 0 Å². The van der Waals surface area contributed by atoms with Crippen LogP contribution in [0.2, 0.25) is 0 Å². The molecular formula is C21H39N5O6. The maximum atomic E-state index is 13.0. The smallest absolute Gasteiger partial charge is 0.326 e. The fraction of sp³-hybridized carbons (Fsp3) is 0.762. The normalized spacial score (nSPS) is 15.9. The molecule has 0 radical (unpaired) electrons. The average Bonchev–Trinajstić information content (AvgIpc) is 2.70. The summed E-state index contributed by atoms with van der Waals surface area (Å²) >= 11 is 0. The highest BCUT2D eigenvalue weighted by Gasteiger charge is 2.34. The summed E-state index contributed by atoms with van der Waals surface area (Å²) in [6.07, 6.45) is 0.138. The summed E-state index contributed by atoms with van der Waals surface area (Å²) in [6, 6.07) is -4.10. The minimum Gasteiger partial charge on any atom is -0.480 e. The van der Waals surface area contributed by atoms with Gasteiger partial charge in [-0.1, -0.05) is 48.0 Å². The molecule has 0 bridgehead atoms. The monoisotopic (exact) mass is 457 g/mol. The second-order valence-electron chi connectivity index (χ2n) is 8.78. The zero-order chi connectivity index (χ0) is 25.2. The van der Waals surface area contributed by atoms with Crippen LogP contribution in [0.15, 0.2) is 0 Å². The van der Waals surface area contributed by atoms with E-state index in [9.17, 15) is 29.1 Å². The molecule has 8 N–H and O–H groups in total. The van der Waals surface area contributed by atoms with Gasteiger partial charge in [-0.15, -0.1) is 0 Å². The molecule has 5 atom stereocenters. The number of aliphatic carboxylic acids is 1. The first kappa shape index (κ1) is 29.3. The summed E-state index contributed by atoms with van der Waals surface area (Å²) in [5.41, 5.74) is 10.9. The third-order valence-electron chi connectivity index (χ3n) is 5.36. The van der Waals surface area contributed by atoms with E-state index < -0.39 is 53.8 Å². The van der Waals surface area contributed by atoms with Crippen LogP contribution in [-0.4, -0.2) is 58.9 Å². The van der Waals surface area contributed by atoms with Gasteiger partial charge in [0.15, 0.2) is 0 Å². The van der Waals surface area contributed by atoms with E-state index in [0.717, 1.165) is 0 Å². The van der Waals surface area contributed by atoms with Gasteiger partial charge < -0.3 is 32.5 Å². The van der Waals surface area contributed by atoms with E-state index in [-0.39, 0.29) is 30.6 Å². The molecule has 184 valence electrons. The van der Waals surface area contributed by atoms with E-state index in [1.165, 1.54) is 0 Å². The Hall–Kier alpha value is -2.69. The van der Waals surface area contributed by atoms with Crippen LogP contribution in [-0.2, 0) is 24.0 Å². The maximum Gasteiger partial charge on any atom is 0.326 e. The average molecular weight is 458 g/mol. The Morgan fingerprint density at radius 2 is 1.31 bits per heavy atom. The molecular weight excluding hydrogens is 418 g/mol. The van der Waals surface area contributed by atoms with E-state index in [1.807, 2.05) is 6.92 Å². The van der Waals surface area contributed by atoms with Crippen molar-refractivity contribution < 1.29 is 29.1 Å². The highest BCUT2D eigenvalue weighted by Crippen LogP contribution is 2.12. The number of nitrogens with one attached hydrogen (secondary N) is 3. The first-order valence-corrected chi connectivity index (χ1v) is 10.9. The Balaban J connectivity index is 5.50. The van der Waals surface area contributed by atoms with Gasteiger partial charge in [-0.2, -0.15) is 0 Å². The van der Waals surface area contributed by atoms with Crippen LogP contribution in [0.1, 0.15) is 60.8 Å². The SMILES string of the molecule is CC[C@H](C)[C@H](NC(=O)[C@@H](NC(=O)[C@@H](N)C(C)C)C(C)C)C(=O)N[C@@H](CCC(N)=O)C(=O)O. The molecule has 0 aromatic carbocycles. The number of nitrogens with two attached hydrogens (primary N) is 2. The van der Waals surface area contributed by atoms with Crippen molar-refractivity contribution >= 4 is 29.6 Å². The Bertz CT molecular complexity index is 682. The highest BCUT2D eigenvalue weighted by atomic mass is 16.4. The Morgan fingerprint density at radius 1 is 0.812 bits per heavy atom. The predicted molar refractivity (Wildman–Crippen MR) is 119 cm³/mol. The van der Waals surface area contributed by atoms with Crippen molar-refractivity contribution in [1.29, 1.82) is 0 Å². The highest BCUT2D eigenvalue weighted by molar-refractivity contribution is 5.94. The maximum absolute atomic E-state index is 13.0. The summed E-state index contributed by atoms with van der Waals surface area (Å²) < 4.78 is 0. The van der Waals surface area contributed by atoms with Crippen LogP contribution in [0.3, 0.4) is 0 Å². The quantitative estimate of drug-likeness (QED) is 0.202. The lowest BCUT2D eigenvalue weighted by molar-refractivity contribution is -0.143. The summed E-state index contributed by atoms with van der Waals surface area (Å²) in [5.74, 6) is -4.50. The van der Waals surface area contributed by atoms with E-state index in [0.29, 0.717) is 6.42 Å². The van der Waals surface area contributed by atoms with Crippen LogP contribution in [0, 0.1) is 17.8 Å². The van der Waals surface area contributed by atoms with Gasteiger partial charge in [0, 0.05) is 6.42 Å². The molecule has 0 unspecified atom stereocenters. The van der Waals surface area contributed by atoms with E-state index in [2.05, 4.69) is 16.0 Å². The van der Waals surface area contributed by atoms with Crippen molar-refractivity contribution in [3.05, 3.63) is 0 Å². The topological polar surface area (TPSA) is 194 Å². The van der Waals surface area contributed by atoms with Gasteiger partial charge >= 0.3 is 5.97 Å². The van der Waals surface area contributed by atoms with Gasteiger partial charge in [-0.3, -0.25) is 19.2 Å². The fourth-order valence-electron chi connectivity index (χ4n) is 2.84. The van der Waals surface area contributed by atoms with Crippen molar-refractivity contribution in [2.24, 2.45) is 29.2 Å². The predicted octanol–water partition coefficient (Wildman–Crippen LogP) is -0.524. The minimum atomic E-state index is -1.33. The molecule has 0 aliphatic carbocycles. The molecule has 0 rings (SSSR count). The van der Waals surface area contributed by atoms with Gasteiger partial charge in [-0.05, 0) is 24.2 Å². The second-order valence-corrected chi connectivity index (χ2v) is 8.78. The van der Waals surface area contributed by atoms with Gasteiger partial charge in [0.25, 0.3) is 0 Å². The number of hydrogen-bond donors (Lipinski definition) is 6. The molecule has 4 amide bonds. The number of rotatable bonds is 14. The van der Waals surface area contributed by atoms with Crippen molar-refractivity contribution in [1.82, 2.24) is 16.0 Å². The number of carbonyl (C=O) groups is 5. The summed E-state index contributed by atoms with van der Waals surface area (Å²) in [4.78, 5) is 60.6. The number of carboxylic acid groups (broad SMARTS) is 1. The van der Waals surface area contributed by atoms with Gasteiger partial charge in [-0.25, -0.2) is 4.79 Å². The van der Waals surface area contributed by atoms with Crippen molar-refractivity contribution in [3.63, 3.8) is 0 Å². The molecule has 32 heavy (non-hydrogen) atoms. The minimum absolute atomic E-state index is 0.127. The molecule has 0 heterocycles. The lowest BCUT2D eigenvalue weighted by Gasteiger charge is -2.29. The number of hydrogen-bond acceptors (Lipinski definition) is 6. The molecule has 0 fully saturated rings. The Kier molecular flexibility index (Phi) is 12.5. The molecule has 0 saturated heterocycles. The molecule has 11 heteroatoms. The lowest BCUT2D eigenvalue weighted by atomic mass is 9.95. The molecule has 11 nitrogen and oxygen atoms in total. The molecule has 0 aliphatic heterocycles. The van der Waals surface area contributed by atoms with Crippen LogP contribution < -0.4 is 27.4 Å². The second kappa shape index (κ2) is 13.7. The molecule has 0 aromatic heterocycles. The van der Waals surface area contributed by atoms with Crippen molar-refractivity contribution in [3.8, 4) is 0 Å².